The lowest BCUT2D eigenvalue weighted by Crippen LogP contribution is -2.35. The number of aryl methyl sites for hydroxylation is 2. The molecule has 2 N–H and O–H groups in total. The number of benzene rings is 1. The predicted octanol–water partition coefficient (Wildman–Crippen LogP) is 3.82. The first-order chi connectivity index (χ1) is 9.56. The van der Waals surface area contributed by atoms with Crippen molar-refractivity contribution in [3.8, 4) is 0 Å². The molecule has 2 nitrogen and oxygen atoms in total. The number of rotatable bonds is 5. The van der Waals surface area contributed by atoms with Crippen LogP contribution in [0.1, 0.15) is 55.8 Å². The van der Waals surface area contributed by atoms with Gasteiger partial charge in [0.25, 0.3) is 0 Å². The molecule has 112 valence electrons. The number of nitrogens with zero attached hydrogens (tertiary/aromatic N) is 1. The molecule has 1 atom stereocenters. The zero-order chi connectivity index (χ0) is 14.8. The molecule has 1 saturated heterocycles. The maximum atomic E-state index is 6.15. The lowest BCUT2D eigenvalue weighted by molar-refractivity contribution is 0.197. The molecule has 1 fully saturated rings. The quantitative estimate of drug-likeness (QED) is 0.884. The van der Waals surface area contributed by atoms with E-state index in [1.54, 1.807) is 0 Å². The van der Waals surface area contributed by atoms with E-state index in [0.29, 0.717) is 11.5 Å². The molecule has 0 radical (unpaired) electrons. The highest BCUT2D eigenvalue weighted by molar-refractivity contribution is 5.36. The van der Waals surface area contributed by atoms with Crippen LogP contribution in [-0.4, -0.2) is 24.5 Å². The molecule has 1 aliphatic heterocycles. The molecule has 1 aliphatic rings. The van der Waals surface area contributed by atoms with Gasteiger partial charge in [0, 0.05) is 19.1 Å². The summed E-state index contributed by atoms with van der Waals surface area (Å²) in [5.74, 6) is 0. The van der Waals surface area contributed by atoms with Crippen LogP contribution < -0.4 is 5.73 Å². The molecule has 1 unspecified atom stereocenters. The summed E-state index contributed by atoms with van der Waals surface area (Å²) in [5.41, 5.74) is 10.9. The monoisotopic (exact) mass is 274 g/mol. The number of hydrogen-bond acceptors (Lipinski definition) is 2. The Hall–Kier alpha value is -0.860. The SMILES string of the molecule is CCC1(CC)CCN(C(CN)c2c(C)cccc2C)C1. The van der Waals surface area contributed by atoms with Crippen LogP contribution in [0.25, 0.3) is 0 Å². The molecule has 2 heteroatoms. The number of hydrogen-bond donors (Lipinski definition) is 1. The largest absolute Gasteiger partial charge is 0.329 e. The lowest BCUT2D eigenvalue weighted by Gasteiger charge is -2.32. The highest BCUT2D eigenvalue weighted by Crippen LogP contribution is 2.41. The minimum Gasteiger partial charge on any atom is -0.329 e. The molecule has 0 aromatic heterocycles. The van der Waals surface area contributed by atoms with E-state index in [-0.39, 0.29) is 0 Å². The number of likely N-dealkylation sites (tertiary alicyclic amines) is 1. The smallest absolute Gasteiger partial charge is 0.0475 e. The summed E-state index contributed by atoms with van der Waals surface area (Å²) in [7, 11) is 0. The van der Waals surface area contributed by atoms with Crippen LogP contribution in [0, 0.1) is 19.3 Å². The summed E-state index contributed by atoms with van der Waals surface area (Å²) in [5, 5.41) is 0. The molecular weight excluding hydrogens is 244 g/mol. The van der Waals surface area contributed by atoms with Crippen molar-refractivity contribution in [1.29, 1.82) is 0 Å². The molecule has 1 aromatic rings. The van der Waals surface area contributed by atoms with Gasteiger partial charge in [0.05, 0.1) is 0 Å². The van der Waals surface area contributed by atoms with Crippen molar-refractivity contribution in [3.05, 3.63) is 34.9 Å². The fourth-order valence-electron chi connectivity index (χ4n) is 3.87. The molecule has 0 saturated carbocycles. The van der Waals surface area contributed by atoms with Crippen LogP contribution >= 0.6 is 0 Å². The summed E-state index contributed by atoms with van der Waals surface area (Å²) >= 11 is 0. The van der Waals surface area contributed by atoms with E-state index in [4.69, 9.17) is 5.73 Å². The highest BCUT2D eigenvalue weighted by Gasteiger charge is 2.38. The van der Waals surface area contributed by atoms with Gasteiger partial charge in [0.15, 0.2) is 0 Å². The van der Waals surface area contributed by atoms with Gasteiger partial charge in [0.2, 0.25) is 0 Å². The Kier molecular flexibility index (Phi) is 4.87. The van der Waals surface area contributed by atoms with E-state index in [0.717, 1.165) is 6.54 Å². The van der Waals surface area contributed by atoms with Crippen molar-refractivity contribution in [1.82, 2.24) is 4.90 Å². The van der Waals surface area contributed by atoms with Crippen LogP contribution in [-0.2, 0) is 0 Å². The molecule has 20 heavy (non-hydrogen) atoms. The lowest BCUT2D eigenvalue weighted by atomic mass is 9.82. The van der Waals surface area contributed by atoms with Gasteiger partial charge < -0.3 is 5.73 Å². The van der Waals surface area contributed by atoms with E-state index < -0.39 is 0 Å². The zero-order valence-electron chi connectivity index (χ0n) is 13.6. The predicted molar refractivity (Wildman–Crippen MR) is 86.9 cm³/mol. The molecule has 0 aliphatic carbocycles. The molecule has 2 rings (SSSR count). The Labute approximate surface area is 124 Å². The second kappa shape index (κ2) is 6.28. The van der Waals surface area contributed by atoms with Crippen LogP contribution in [0.4, 0.5) is 0 Å². The van der Waals surface area contributed by atoms with Crippen molar-refractivity contribution >= 4 is 0 Å². The van der Waals surface area contributed by atoms with Gasteiger partial charge in [-0.1, -0.05) is 32.0 Å². The molecule has 0 spiro atoms. The highest BCUT2D eigenvalue weighted by atomic mass is 15.2. The van der Waals surface area contributed by atoms with Crippen LogP contribution in [0.15, 0.2) is 18.2 Å². The van der Waals surface area contributed by atoms with Crippen LogP contribution in [0.3, 0.4) is 0 Å². The molecule has 1 heterocycles. The van der Waals surface area contributed by atoms with Gasteiger partial charge in [-0.15, -0.1) is 0 Å². The maximum absolute atomic E-state index is 6.15. The van der Waals surface area contributed by atoms with Crippen LogP contribution in [0.2, 0.25) is 0 Å². The van der Waals surface area contributed by atoms with Crippen molar-refractivity contribution in [2.24, 2.45) is 11.1 Å². The van der Waals surface area contributed by atoms with E-state index in [1.165, 1.54) is 49.0 Å². The Morgan fingerprint density at radius 3 is 2.25 bits per heavy atom. The average molecular weight is 274 g/mol. The minimum absolute atomic E-state index is 0.385. The fourth-order valence-corrected chi connectivity index (χ4v) is 3.87. The third kappa shape index (κ3) is 2.77. The van der Waals surface area contributed by atoms with Crippen molar-refractivity contribution in [2.75, 3.05) is 19.6 Å². The van der Waals surface area contributed by atoms with Crippen molar-refractivity contribution in [3.63, 3.8) is 0 Å². The molecule has 0 amide bonds. The van der Waals surface area contributed by atoms with Crippen molar-refractivity contribution < 1.29 is 0 Å². The number of nitrogens with two attached hydrogens (primary N) is 1. The molecule has 1 aromatic carbocycles. The summed E-state index contributed by atoms with van der Waals surface area (Å²) in [6.45, 7) is 12.2. The summed E-state index contributed by atoms with van der Waals surface area (Å²) in [6, 6.07) is 6.96. The van der Waals surface area contributed by atoms with E-state index in [2.05, 4.69) is 50.8 Å². The fraction of sp³-hybridized carbons (Fsp3) is 0.667. The summed E-state index contributed by atoms with van der Waals surface area (Å²) in [6.07, 6.45) is 3.88. The summed E-state index contributed by atoms with van der Waals surface area (Å²) < 4.78 is 0. The minimum atomic E-state index is 0.385. The Balaban J connectivity index is 2.26. The van der Waals surface area contributed by atoms with Crippen molar-refractivity contribution in [2.45, 2.75) is 53.0 Å². The van der Waals surface area contributed by atoms with E-state index in [9.17, 15) is 0 Å². The van der Waals surface area contributed by atoms with Crippen LogP contribution in [0.5, 0.6) is 0 Å². The Bertz CT molecular complexity index is 428. The second-order valence-corrected chi connectivity index (χ2v) is 6.48. The first kappa shape index (κ1) is 15.5. The van der Waals surface area contributed by atoms with Gasteiger partial charge in [-0.3, -0.25) is 4.90 Å². The second-order valence-electron chi connectivity index (χ2n) is 6.48. The van der Waals surface area contributed by atoms with E-state index >= 15 is 0 Å². The topological polar surface area (TPSA) is 29.3 Å². The summed E-state index contributed by atoms with van der Waals surface area (Å²) in [4.78, 5) is 2.63. The van der Waals surface area contributed by atoms with Gasteiger partial charge >= 0.3 is 0 Å². The Morgan fingerprint density at radius 1 is 1.20 bits per heavy atom. The van der Waals surface area contributed by atoms with Gasteiger partial charge in [-0.05, 0) is 61.8 Å². The molecule has 0 bridgehead atoms. The van der Waals surface area contributed by atoms with Gasteiger partial charge in [0.1, 0.15) is 0 Å². The maximum Gasteiger partial charge on any atom is 0.0475 e. The third-order valence-corrected chi connectivity index (χ3v) is 5.51. The van der Waals surface area contributed by atoms with E-state index in [1.807, 2.05) is 0 Å². The zero-order valence-corrected chi connectivity index (χ0v) is 13.6. The average Bonchev–Trinajstić information content (AvgIpc) is 2.88. The van der Waals surface area contributed by atoms with Gasteiger partial charge in [-0.25, -0.2) is 0 Å². The standard InChI is InChI=1S/C18H30N2/c1-5-18(6-2)10-11-20(13-18)16(12-19)17-14(3)8-7-9-15(17)4/h7-9,16H,5-6,10-13,19H2,1-4H3. The first-order valence-electron chi connectivity index (χ1n) is 8.07. The van der Waals surface area contributed by atoms with Gasteiger partial charge in [-0.2, -0.15) is 0 Å². The third-order valence-electron chi connectivity index (χ3n) is 5.51. The first-order valence-corrected chi connectivity index (χ1v) is 8.07. The normalized spacial score (nSPS) is 20.2. The molecular formula is C18H30N2. The Morgan fingerprint density at radius 2 is 1.80 bits per heavy atom.